The molecule has 0 spiro atoms. The van der Waals surface area contributed by atoms with Crippen molar-refractivity contribution in [2.75, 3.05) is 18.9 Å². The highest BCUT2D eigenvalue weighted by Gasteiger charge is 2.62. The van der Waals surface area contributed by atoms with E-state index in [2.05, 4.69) is 15.4 Å². The van der Waals surface area contributed by atoms with Crippen molar-refractivity contribution in [2.45, 2.75) is 68.3 Å². The van der Waals surface area contributed by atoms with Crippen molar-refractivity contribution >= 4 is 39.5 Å². The van der Waals surface area contributed by atoms with Crippen molar-refractivity contribution in [1.82, 2.24) is 14.9 Å². The van der Waals surface area contributed by atoms with E-state index in [1.54, 1.807) is 48.3 Å². The second kappa shape index (κ2) is 13.4. The molecule has 2 aromatic carbocycles. The topological polar surface area (TPSA) is 160 Å². The Balaban J connectivity index is 1.18. The van der Waals surface area contributed by atoms with Crippen LogP contribution in [0, 0.1) is 17.8 Å². The maximum atomic E-state index is 13.9. The van der Waals surface area contributed by atoms with Gasteiger partial charge >= 0.3 is 6.09 Å². The molecule has 0 unspecified atom stereocenters. The summed E-state index contributed by atoms with van der Waals surface area (Å²) in [5, 5.41) is 4.96. The average Bonchev–Trinajstić information content (AvgIpc) is 3.97. The van der Waals surface area contributed by atoms with Crippen LogP contribution in [0.3, 0.4) is 0 Å². The van der Waals surface area contributed by atoms with E-state index in [0.717, 1.165) is 19.3 Å². The van der Waals surface area contributed by atoms with E-state index in [0.29, 0.717) is 36.6 Å². The van der Waals surface area contributed by atoms with Gasteiger partial charge in [0.05, 0.1) is 22.8 Å². The molecule has 1 heterocycles. The molecule has 3 N–H and O–H groups in total. The van der Waals surface area contributed by atoms with Gasteiger partial charge in [-0.25, -0.2) is 13.2 Å². The average molecular weight is 665 g/mol. The van der Waals surface area contributed by atoms with Crippen molar-refractivity contribution in [2.24, 2.45) is 17.8 Å². The molecular formula is C34H40N4O8S. The normalized spacial score (nSPS) is 28.5. The molecule has 4 aliphatic rings. The van der Waals surface area contributed by atoms with Gasteiger partial charge in [0.2, 0.25) is 21.8 Å². The number of benzene rings is 2. The number of allylic oxidation sites excluding steroid dienone is 1. The number of hydrogen-bond donors (Lipinski definition) is 3. The fraction of sp³-hybridized carbons (Fsp3) is 0.471. The number of rotatable bonds is 7. The van der Waals surface area contributed by atoms with E-state index in [4.69, 9.17) is 9.47 Å². The first-order valence-electron chi connectivity index (χ1n) is 16.1. The molecule has 0 radical (unpaired) electrons. The van der Waals surface area contributed by atoms with Crippen LogP contribution in [0.1, 0.15) is 51.4 Å². The van der Waals surface area contributed by atoms with Crippen LogP contribution in [-0.4, -0.2) is 67.6 Å². The second-order valence-electron chi connectivity index (χ2n) is 12.9. The lowest BCUT2D eigenvalue weighted by molar-refractivity contribution is -0.140. The number of nitrogens with one attached hydrogen (secondary N) is 3. The molecule has 12 nitrogen and oxygen atoms in total. The van der Waals surface area contributed by atoms with E-state index in [1.165, 1.54) is 0 Å². The lowest BCUT2D eigenvalue weighted by atomic mass is 9.93. The molecule has 0 saturated heterocycles. The Kier molecular flexibility index (Phi) is 9.27. The zero-order valence-corrected chi connectivity index (χ0v) is 27.0. The van der Waals surface area contributed by atoms with Crippen LogP contribution in [-0.2, 0) is 29.1 Å². The lowest BCUT2D eigenvalue weighted by Gasteiger charge is -2.26. The third-order valence-electron chi connectivity index (χ3n) is 9.37. The molecule has 0 aromatic heterocycles. The second-order valence-corrected chi connectivity index (χ2v) is 14.8. The molecule has 1 aliphatic heterocycles. The van der Waals surface area contributed by atoms with Crippen LogP contribution in [0.15, 0.2) is 66.7 Å². The summed E-state index contributed by atoms with van der Waals surface area (Å²) in [6.45, 7) is 0.510. The molecule has 3 aliphatic carbocycles. The van der Waals surface area contributed by atoms with Crippen LogP contribution >= 0.6 is 0 Å². The predicted molar refractivity (Wildman–Crippen MR) is 173 cm³/mol. The molecule has 3 saturated carbocycles. The van der Waals surface area contributed by atoms with Crippen LogP contribution in [0.5, 0.6) is 11.5 Å². The van der Waals surface area contributed by atoms with Gasteiger partial charge in [0.25, 0.3) is 5.91 Å². The highest BCUT2D eigenvalue weighted by Crippen LogP contribution is 2.47. The Morgan fingerprint density at radius 3 is 2.47 bits per heavy atom. The Hall–Kier alpha value is -4.39. The number of nitrogens with zero attached hydrogens (tertiary/aromatic N) is 1. The number of carbonyl (C=O) groups excluding carboxylic acids is 4. The Morgan fingerprint density at radius 1 is 0.979 bits per heavy atom. The van der Waals surface area contributed by atoms with Crippen LogP contribution in [0.2, 0.25) is 0 Å². The predicted octanol–water partition coefficient (Wildman–Crippen LogP) is 4.10. The minimum absolute atomic E-state index is 0.0598. The zero-order valence-electron chi connectivity index (χ0n) is 26.2. The molecule has 47 heavy (non-hydrogen) atoms. The minimum Gasteiger partial charge on any atom is -0.455 e. The van der Waals surface area contributed by atoms with Crippen molar-refractivity contribution < 1.29 is 37.1 Å². The van der Waals surface area contributed by atoms with E-state index in [9.17, 15) is 27.6 Å². The van der Waals surface area contributed by atoms with Gasteiger partial charge in [0.1, 0.15) is 17.4 Å². The highest BCUT2D eigenvalue weighted by atomic mass is 32.2. The molecular weight excluding hydrogens is 624 g/mol. The Morgan fingerprint density at radius 2 is 1.70 bits per heavy atom. The first-order valence-corrected chi connectivity index (χ1v) is 17.7. The summed E-state index contributed by atoms with van der Waals surface area (Å²) in [5.41, 5.74) is -1.05. The number of sulfonamides is 1. The number of ether oxygens (including phenoxy) is 2. The highest BCUT2D eigenvalue weighted by molar-refractivity contribution is 7.91. The van der Waals surface area contributed by atoms with Gasteiger partial charge in [0.15, 0.2) is 5.75 Å². The largest absolute Gasteiger partial charge is 0.455 e. The smallest absolute Gasteiger partial charge is 0.412 e. The van der Waals surface area contributed by atoms with E-state index >= 15 is 0 Å². The summed E-state index contributed by atoms with van der Waals surface area (Å²) in [4.78, 5) is 55.7. The van der Waals surface area contributed by atoms with Crippen molar-refractivity contribution in [3.05, 3.63) is 66.7 Å². The zero-order chi connectivity index (χ0) is 33.2. The Bertz CT molecular complexity index is 1660. The third kappa shape index (κ3) is 7.45. The van der Waals surface area contributed by atoms with Gasteiger partial charge in [-0.2, -0.15) is 0 Å². The summed E-state index contributed by atoms with van der Waals surface area (Å²) in [6.07, 6.45) is 5.98. The third-order valence-corrected chi connectivity index (χ3v) is 11.2. The fourth-order valence-corrected chi connectivity index (χ4v) is 7.82. The van der Waals surface area contributed by atoms with Gasteiger partial charge in [-0.1, -0.05) is 42.5 Å². The van der Waals surface area contributed by atoms with Crippen LogP contribution in [0.25, 0.3) is 0 Å². The minimum atomic E-state index is -3.84. The van der Waals surface area contributed by atoms with Gasteiger partial charge < -0.3 is 19.7 Å². The number of anilines is 1. The number of hydrogen-bond acceptors (Lipinski definition) is 8. The number of para-hydroxylation sites is 3. The van der Waals surface area contributed by atoms with Crippen molar-refractivity contribution in [3.8, 4) is 11.5 Å². The van der Waals surface area contributed by atoms with E-state index < -0.39 is 56.7 Å². The molecule has 2 aromatic rings. The summed E-state index contributed by atoms with van der Waals surface area (Å²) >= 11 is 0. The quantitative estimate of drug-likeness (QED) is 0.373. The molecule has 13 heteroatoms. The van der Waals surface area contributed by atoms with Gasteiger partial charge in [-0.05, 0) is 75.6 Å². The van der Waals surface area contributed by atoms with Crippen molar-refractivity contribution in [1.29, 1.82) is 0 Å². The number of amides is 4. The fourth-order valence-electron chi connectivity index (χ4n) is 6.46. The first kappa shape index (κ1) is 32.5. The molecule has 5 atom stereocenters. The SMILES string of the molecule is CN1CCCC/C=C\[C@@H]2C[C@@]2(C(=O)NS(=O)(=O)C2CC2)NC(=O)[C@@H]2C[C@@H](OC(=O)Nc3ccccc3Oc3ccccc3)C[C@H]2C1=O. The Labute approximate surface area is 274 Å². The maximum Gasteiger partial charge on any atom is 0.412 e. The monoisotopic (exact) mass is 664 g/mol. The number of carbonyl (C=O) groups is 4. The summed E-state index contributed by atoms with van der Waals surface area (Å²) in [7, 11) is -2.14. The summed E-state index contributed by atoms with van der Waals surface area (Å²) in [5.74, 6) is -2.62. The first-order chi connectivity index (χ1) is 22.6. The molecule has 250 valence electrons. The lowest BCUT2D eigenvalue weighted by Crippen LogP contribution is -2.54. The van der Waals surface area contributed by atoms with Crippen LogP contribution in [0.4, 0.5) is 10.5 Å². The summed E-state index contributed by atoms with van der Waals surface area (Å²) < 4.78 is 39.1. The standard InChI is InChI=1S/C34H40N4O8S/c1-38-18-10-3-2-5-11-22-21-34(22,32(41)37-47(43,44)25-16-17-25)36-30(39)26-19-24(20-27(26)31(38)40)46-33(42)35-28-14-8-9-15-29(28)45-23-12-6-4-7-13-23/h4-9,11-15,22,24-27H,2-3,10,16-21H2,1H3,(H,35,42)(H,36,39)(H,37,41)/b11-5-/t22-,24-,26-,27-,34-/m1/s1. The van der Waals surface area contributed by atoms with Crippen LogP contribution < -0.4 is 20.1 Å². The van der Waals surface area contributed by atoms with Gasteiger partial charge in [-0.3, -0.25) is 24.4 Å². The van der Waals surface area contributed by atoms with Gasteiger partial charge in [0, 0.05) is 19.5 Å². The number of fused-ring (bicyclic) bond motifs is 2. The van der Waals surface area contributed by atoms with Gasteiger partial charge in [-0.15, -0.1) is 0 Å². The molecule has 4 amide bonds. The van der Waals surface area contributed by atoms with E-state index in [1.807, 2.05) is 30.4 Å². The van der Waals surface area contributed by atoms with Crippen molar-refractivity contribution in [3.63, 3.8) is 0 Å². The molecule has 6 rings (SSSR count). The molecule has 3 fully saturated rings. The molecule has 0 bridgehead atoms. The van der Waals surface area contributed by atoms with E-state index in [-0.39, 0.29) is 31.1 Å². The maximum absolute atomic E-state index is 13.9. The summed E-state index contributed by atoms with van der Waals surface area (Å²) in [6, 6.07) is 16.0.